The second-order valence-corrected chi connectivity index (χ2v) is 3.38. The molecule has 0 aromatic heterocycles. The van der Waals surface area contributed by atoms with Gasteiger partial charge >= 0.3 is 0 Å². The fourth-order valence-corrected chi connectivity index (χ4v) is 0.473. The Bertz CT molecular complexity index is 96.5. The van der Waals surface area contributed by atoms with Crippen LogP contribution in [0.3, 0.4) is 0 Å². The Labute approximate surface area is 74.6 Å². The van der Waals surface area contributed by atoms with E-state index in [0.717, 1.165) is 19.7 Å². The highest BCUT2D eigenvalue weighted by Crippen LogP contribution is 2.23. The van der Waals surface area contributed by atoms with Crippen molar-refractivity contribution in [2.45, 2.75) is 19.4 Å². The van der Waals surface area contributed by atoms with Gasteiger partial charge in [0.25, 0.3) is 0 Å². The minimum atomic E-state index is 0.250. The Balaban J connectivity index is 0.000000211. The van der Waals surface area contributed by atoms with Crippen LogP contribution in [0.2, 0.25) is 0 Å². The quantitative estimate of drug-likeness (QED) is 0.389. The molecule has 1 fully saturated rings. The van der Waals surface area contributed by atoms with Gasteiger partial charge in [-0.3, -0.25) is 0 Å². The van der Waals surface area contributed by atoms with Crippen LogP contribution in [0, 0.1) is 0 Å². The van der Waals surface area contributed by atoms with E-state index in [2.05, 4.69) is 19.2 Å². The van der Waals surface area contributed by atoms with Crippen molar-refractivity contribution in [3.05, 3.63) is 0 Å². The van der Waals surface area contributed by atoms with E-state index in [4.69, 9.17) is 16.2 Å². The molecule has 12 heavy (non-hydrogen) atoms. The molecule has 1 saturated heterocycles. The third-order valence-electron chi connectivity index (χ3n) is 1.36. The fourth-order valence-electron chi connectivity index (χ4n) is 0.473. The van der Waals surface area contributed by atoms with Crippen molar-refractivity contribution in [1.82, 2.24) is 5.32 Å². The molecule has 0 amide bonds. The van der Waals surface area contributed by atoms with Gasteiger partial charge in [-0.1, -0.05) is 0 Å². The molecule has 0 spiro atoms. The summed E-state index contributed by atoms with van der Waals surface area (Å²) in [7, 11) is 0. The van der Waals surface area contributed by atoms with Gasteiger partial charge in [0, 0.05) is 26.2 Å². The molecule has 0 aliphatic carbocycles. The van der Waals surface area contributed by atoms with Gasteiger partial charge in [0.15, 0.2) is 0 Å². The van der Waals surface area contributed by atoms with E-state index in [1.165, 1.54) is 0 Å². The number of hydrogen-bond acceptors (Lipinski definition) is 4. The molecule has 4 nitrogen and oxygen atoms in total. The number of ether oxygens (including phenoxy) is 1. The van der Waals surface area contributed by atoms with Crippen molar-refractivity contribution in [3.8, 4) is 0 Å². The number of nitrogens with two attached hydrogens (primary N) is 2. The monoisotopic (exact) mass is 175 g/mol. The molecule has 5 N–H and O–H groups in total. The van der Waals surface area contributed by atoms with E-state index >= 15 is 0 Å². The third kappa shape index (κ3) is 9.84. The van der Waals surface area contributed by atoms with Crippen LogP contribution in [0.4, 0.5) is 0 Å². The minimum Gasteiger partial charge on any atom is -0.370 e. The van der Waals surface area contributed by atoms with Gasteiger partial charge in [-0.05, 0) is 13.8 Å². The molecule has 0 radical (unpaired) electrons. The molecular formula is C8H21N3O. The predicted molar refractivity (Wildman–Crippen MR) is 51.0 cm³/mol. The van der Waals surface area contributed by atoms with Crippen LogP contribution >= 0.6 is 0 Å². The first-order valence-electron chi connectivity index (χ1n) is 4.37. The average Bonchev–Trinajstić information content (AvgIpc) is 2.69. The Morgan fingerprint density at radius 2 is 1.58 bits per heavy atom. The van der Waals surface area contributed by atoms with E-state index in [1.807, 2.05) is 0 Å². The molecule has 1 aliphatic rings. The molecule has 0 aromatic carbocycles. The molecule has 0 aromatic rings. The van der Waals surface area contributed by atoms with Gasteiger partial charge in [0.05, 0.1) is 12.2 Å². The summed E-state index contributed by atoms with van der Waals surface area (Å²) in [6, 6.07) is 0. The molecule has 0 bridgehead atoms. The normalized spacial score (nSPS) is 18.0. The lowest BCUT2D eigenvalue weighted by Crippen LogP contribution is -2.27. The van der Waals surface area contributed by atoms with Gasteiger partial charge in [0.1, 0.15) is 0 Å². The number of hydrogen-bond donors (Lipinski definition) is 3. The Morgan fingerprint density at radius 3 is 1.75 bits per heavy atom. The van der Waals surface area contributed by atoms with Crippen LogP contribution < -0.4 is 16.8 Å². The van der Waals surface area contributed by atoms with Crippen LogP contribution in [-0.4, -0.2) is 38.4 Å². The van der Waals surface area contributed by atoms with Gasteiger partial charge in [-0.2, -0.15) is 0 Å². The largest absolute Gasteiger partial charge is 0.370 e. The summed E-state index contributed by atoms with van der Waals surface area (Å²) in [6.07, 6.45) is 0. The molecule has 0 unspecified atom stereocenters. The maximum atomic E-state index is 5.17. The van der Waals surface area contributed by atoms with Crippen LogP contribution in [0.5, 0.6) is 0 Å². The second-order valence-electron chi connectivity index (χ2n) is 3.38. The van der Waals surface area contributed by atoms with E-state index < -0.39 is 0 Å². The summed E-state index contributed by atoms with van der Waals surface area (Å²) in [6.45, 7) is 8.24. The Morgan fingerprint density at radius 1 is 1.25 bits per heavy atom. The molecule has 1 heterocycles. The minimum absolute atomic E-state index is 0.250. The smallest absolute Gasteiger partial charge is 0.0860 e. The molecule has 4 heteroatoms. The topological polar surface area (TPSA) is 76.6 Å². The van der Waals surface area contributed by atoms with Crippen molar-refractivity contribution in [2.75, 3.05) is 32.8 Å². The molecule has 1 rings (SSSR count). The third-order valence-corrected chi connectivity index (χ3v) is 1.36. The molecule has 0 atom stereocenters. The number of epoxide rings is 1. The van der Waals surface area contributed by atoms with Crippen LogP contribution in [0.15, 0.2) is 0 Å². The summed E-state index contributed by atoms with van der Waals surface area (Å²) >= 11 is 0. The highest BCUT2D eigenvalue weighted by atomic mass is 16.6. The molecular weight excluding hydrogens is 154 g/mol. The maximum Gasteiger partial charge on any atom is 0.0860 e. The average molecular weight is 175 g/mol. The summed E-state index contributed by atoms with van der Waals surface area (Å²) in [4.78, 5) is 0. The van der Waals surface area contributed by atoms with Gasteiger partial charge in [-0.15, -0.1) is 0 Å². The van der Waals surface area contributed by atoms with E-state index in [-0.39, 0.29) is 5.60 Å². The van der Waals surface area contributed by atoms with Crippen molar-refractivity contribution < 1.29 is 4.74 Å². The first-order chi connectivity index (χ1) is 5.62. The van der Waals surface area contributed by atoms with Crippen molar-refractivity contribution in [2.24, 2.45) is 11.5 Å². The molecule has 74 valence electrons. The number of rotatable bonds is 4. The molecule has 0 saturated carbocycles. The number of nitrogens with one attached hydrogen (secondary N) is 1. The van der Waals surface area contributed by atoms with E-state index in [9.17, 15) is 0 Å². The maximum absolute atomic E-state index is 5.17. The van der Waals surface area contributed by atoms with Gasteiger partial charge < -0.3 is 21.5 Å². The lowest BCUT2D eigenvalue weighted by Gasteiger charge is -1.95. The van der Waals surface area contributed by atoms with Crippen molar-refractivity contribution in [1.29, 1.82) is 0 Å². The van der Waals surface area contributed by atoms with Gasteiger partial charge in [0.2, 0.25) is 0 Å². The summed E-state index contributed by atoms with van der Waals surface area (Å²) in [5.41, 5.74) is 10.6. The highest BCUT2D eigenvalue weighted by molar-refractivity contribution is 4.79. The summed E-state index contributed by atoms with van der Waals surface area (Å²) < 4.78 is 4.90. The fraction of sp³-hybridized carbons (Fsp3) is 1.00. The van der Waals surface area contributed by atoms with E-state index in [1.54, 1.807) is 0 Å². The Kier molecular flexibility index (Phi) is 6.28. The SMILES string of the molecule is CC1(C)CO1.NCCNCCN. The van der Waals surface area contributed by atoms with Crippen LogP contribution in [-0.2, 0) is 4.74 Å². The zero-order chi connectivity index (χ0) is 9.45. The highest BCUT2D eigenvalue weighted by Gasteiger charge is 2.32. The van der Waals surface area contributed by atoms with Gasteiger partial charge in [-0.25, -0.2) is 0 Å². The van der Waals surface area contributed by atoms with Crippen molar-refractivity contribution in [3.63, 3.8) is 0 Å². The zero-order valence-electron chi connectivity index (χ0n) is 8.10. The molecule has 1 aliphatic heterocycles. The van der Waals surface area contributed by atoms with E-state index in [0.29, 0.717) is 13.1 Å². The lowest BCUT2D eigenvalue weighted by atomic mass is 10.3. The van der Waals surface area contributed by atoms with Crippen LogP contribution in [0.25, 0.3) is 0 Å². The lowest BCUT2D eigenvalue weighted by molar-refractivity contribution is 0.344. The first kappa shape index (κ1) is 11.8. The van der Waals surface area contributed by atoms with Crippen molar-refractivity contribution >= 4 is 0 Å². The Hall–Kier alpha value is -0.160. The van der Waals surface area contributed by atoms with Crippen LogP contribution in [0.1, 0.15) is 13.8 Å². The second kappa shape index (κ2) is 6.37. The summed E-state index contributed by atoms with van der Waals surface area (Å²) in [5.74, 6) is 0. The standard InChI is InChI=1S/C4H13N3.C4H8O/c5-1-3-7-4-2-6;1-4(2)3-5-4/h7H,1-6H2;3H2,1-2H3. The predicted octanol–water partition coefficient (Wildman–Crippen LogP) is -0.711. The summed E-state index contributed by atoms with van der Waals surface area (Å²) in [5, 5.41) is 3.03. The first-order valence-corrected chi connectivity index (χ1v) is 4.37. The zero-order valence-corrected chi connectivity index (χ0v) is 8.10.